The molecule has 0 saturated carbocycles. The van der Waals surface area contributed by atoms with E-state index in [9.17, 15) is 4.79 Å². The Labute approximate surface area is 102 Å². The van der Waals surface area contributed by atoms with E-state index in [0.717, 1.165) is 19.3 Å². The molecule has 0 radical (unpaired) electrons. The van der Waals surface area contributed by atoms with Crippen molar-refractivity contribution in [1.29, 1.82) is 0 Å². The van der Waals surface area contributed by atoms with Gasteiger partial charge in [-0.1, -0.05) is 33.6 Å². The molecule has 0 unspecified atom stereocenters. The molecule has 0 saturated heterocycles. The highest BCUT2D eigenvalue weighted by molar-refractivity contribution is 5.95. The third-order valence-corrected chi connectivity index (χ3v) is 2.69. The van der Waals surface area contributed by atoms with Gasteiger partial charge in [-0.05, 0) is 12.5 Å². The molecule has 1 aromatic rings. The minimum Gasteiger partial charge on any atom is -0.368 e. The highest BCUT2D eigenvalue weighted by Crippen LogP contribution is 2.24. The van der Waals surface area contributed by atoms with Crippen LogP contribution in [0.1, 0.15) is 40.0 Å². The fourth-order valence-electron chi connectivity index (χ4n) is 1.44. The van der Waals surface area contributed by atoms with Crippen molar-refractivity contribution >= 4 is 11.9 Å². The molecule has 0 bridgehead atoms. The summed E-state index contributed by atoms with van der Waals surface area (Å²) in [6.45, 7) is 5.89. The first-order valence-corrected chi connectivity index (χ1v) is 5.86. The van der Waals surface area contributed by atoms with Gasteiger partial charge in [-0.15, -0.1) is 0 Å². The van der Waals surface area contributed by atoms with E-state index in [1.807, 2.05) is 13.8 Å². The van der Waals surface area contributed by atoms with Crippen LogP contribution in [0.2, 0.25) is 0 Å². The second-order valence-corrected chi connectivity index (χ2v) is 4.71. The van der Waals surface area contributed by atoms with E-state index >= 15 is 0 Å². The first kappa shape index (κ1) is 13.4. The first-order valence-electron chi connectivity index (χ1n) is 5.86. The number of aromatic nitrogens is 2. The van der Waals surface area contributed by atoms with E-state index in [4.69, 9.17) is 5.73 Å². The molecule has 5 nitrogen and oxygen atoms in total. The zero-order valence-corrected chi connectivity index (χ0v) is 10.7. The molecule has 0 aliphatic carbocycles. The van der Waals surface area contributed by atoms with E-state index in [2.05, 4.69) is 17.0 Å². The fourth-order valence-corrected chi connectivity index (χ4v) is 1.44. The summed E-state index contributed by atoms with van der Waals surface area (Å²) in [5, 5.41) is 3.92. The van der Waals surface area contributed by atoms with Gasteiger partial charge in [0, 0.05) is 17.8 Å². The number of hydrogen-bond acceptors (Lipinski definition) is 2. The normalized spacial score (nSPS) is 12.8. The van der Waals surface area contributed by atoms with E-state index in [0.29, 0.717) is 0 Å². The van der Waals surface area contributed by atoms with Crippen molar-refractivity contribution in [3.05, 3.63) is 18.5 Å². The van der Waals surface area contributed by atoms with Gasteiger partial charge in [0.25, 0.3) is 5.91 Å². The molecule has 94 valence electrons. The average Bonchev–Trinajstić information content (AvgIpc) is 2.79. The van der Waals surface area contributed by atoms with Crippen molar-refractivity contribution in [2.24, 2.45) is 16.1 Å². The number of carbonyl (C=O) groups excluding carboxylic acids is 1. The molecule has 0 atom stereocenters. The molecule has 0 spiro atoms. The summed E-state index contributed by atoms with van der Waals surface area (Å²) < 4.78 is 1.38. The lowest BCUT2D eigenvalue weighted by Gasteiger charge is -2.19. The van der Waals surface area contributed by atoms with Gasteiger partial charge in [0.1, 0.15) is 0 Å². The number of nitrogens with two attached hydrogens (primary N) is 1. The summed E-state index contributed by atoms with van der Waals surface area (Å²) in [4.78, 5) is 15.9. The predicted molar refractivity (Wildman–Crippen MR) is 67.6 cm³/mol. The van der Waals surface area contributed by atoms with Crippen LogP contribution in [-0.2, 0) is 4.79 Å². The maximum atomic E-state index is 12.0. The van der Waals surface area contributed by atoms with Crippen LogP contribution in [0, 0.1) is 5.41 Å². The third kappa shape index (κ3) is 3.69. The lowest BCUT2D eigenvalue weighted by atomic mass is 9.86. The Hall–Kier alpha value is -1.65. The van der Waals surface area contributed by atoms with Gasteiger partial charge in [-0.2, -0.15) is 10.1 Å². The highest BCUT2D eigenvalue weighted by atomic mass is 16.1. The van der Waals surface area contributed by atoms with Gasteiger partial charge in [0.15, 0.2) is 0 Å². The number of rotatable bonds is 4. The zero-order chi connectivity index (χ0) is 12.9. The van der Waals surface area contributed by atoms with Crippen molar-refractivity contribution < 1.29 is 4.79 Å². The molecule has 1 amide bonds. The highest BCUT2D eigenvalue weighted by Gasteiger charge is 2.26. The third-order valence-electron chi connectivity index (χ3n) is 2.69. The Morgan fingerprint density at radius 1 is 1.53 bits per heavy atom. The predicted octanol–water partition coefficient (Wildman–Crippen LogP) is 1.79. The maximum absolute atomic E-state index is 12.0. The number of hydrogen-bond donors (Lipinski definition) is 1. The Morgan fingerprint density at radius 3 is 2.76 bits per heavy atom. The van der Waals surface area contributed by atoms with E-state index in [1.165, 1.54) is 4.68 Å². The Bertz CT molecular complexity index is 393. The van der Waals surface area contributed by atoms with Crippen LogP contribution in [0.4, 0.5) is 0 Å². The number of unbranched alkanes of at least 4 members (excludes halogenated alkanes) is 1. The molecule has 0 aliphatic heterocycles. The number of amides is 1. The van der Waals surface area contributed by atoms with E-state index < -0.39 is 5.41 Å². The van der Waals surface area contributed by atoms with Crippen LogP contribution in [0.5, 0.6) is 0 Å². The average molecular weight is 236 g/mol. The summed E-state index contributed by atoms with van der Waals surface area (Å²) in [7, 11) is 0. The zero-order valence-electron chi connectivity index (χ0n) is 10.7. The van der Waals surface area contributed by atoms with Gasteiger partial charge in [-0.3, -0.25) is 4.79 Å². The summed E-state index contributed by atoms with van der Waals surface area (Å²) in [6, 6.07) is 1.73. The molecule has 17 heavy (non-hydrogen) atoms. The molecule has 1 rings (SSSR count). The van der Waals surface area contributed by atoms with Gasteiger partial charge < -0.3 is 5.73 Å². The van der Waals surface area contributed by atoms with Crippen LogP contribution < -0.4 is 5.73 Å². The number of aliphatic imine (C=N–C) groups is 1. The van der Waals surface area contributed by atoms with Crippen LogP contribution >= 0.6 is 0 Å². The summed E-state index contributed by atoms with van der Waals surface area (Å²) >= 11 is 0. The molecule has 0 aromatic carbocycles. The quantitative estimate of drug-likeness (QED) is 0.639. The summed E-state index contributed by atoms with van der Waals surface area (Å²) in [5.41, 5.74) is 5.23. The lowest BCUT2D eigenvalue weighted by molar-refractivity contribution is -0.126. The van der Waals surface area contributed by atoms with Crippen LogP contribution in [-0.4, -0.2) is 21.6 Å². The summed E-state index contributed by atoms with van der Waals surface area (Å²) in [6.07, 6.45) is 6.14. The number of carbonyl (C=O) groups is 1. The van der Waals surface area contributed by atoms with Gasteiger partial charge >= 0.3 is 0 Å². The molecule has 5 heteroatoms. The van der Waals surface area contributed by atoms with Crippen molar-refractivity contribution in [1.82, 2.24) is 9.78 Å². The molecule has 0 fully saturated rings. The summed E-state index contributed by atoms with van der Waals surface area (Å²) in [5.74, 6) is -0.0801. The van der Waals surface area contributed by atoms with Crippen molar-refractivity contribution in [2.75, 3.05) is 0 Å². The smallest absolute Gasteiger partial charge is 0.254 e. The van der Waals surface area contributed by atoms with Crippen LogP contribution in [0.3, 0.4) is 0 Å². The minimum atomic E-state index is -0.465. The van der Waals surface area contributed by atoms with Gasteiger partial charge in [0.2, 0.25) is 5.96 Å². The largest absolute Gasteiger partial charge is 0.368 e. The topological polar surface area (TPSA) is 73.3 Å². The molecule has 0 aliphatic rings. The van der Waals surface area contributed by atoms with Crippen LogP contribution in [0.15, 0.2) is 23.5 Å². The second-order valence-electron chi connectivity index (χ2n) is 4.71. The minimum absolute atomic E-state index is 0.115. The maximum Gasteiger partial charge on any atom is 0.254 e. The Balaban J connectivity index is 2.74. The lowest BCUT2D eigenvalue weighted by Crippen LogP contribution is -2.29. The van der Waals surface area contributed by atoms with Crippen molar-refractivity contribution in [3.8, 4) is 0 Å². The van der Waals surface area contributed by atoms with Crippen LogP contribution in [0.25, 0.3) is 0 Å². The molecular formula is C12H20N4O. The monoisotopic (exact) mass is 236 g/mol. The molecular weight excluding hydrogens is 216 g/mol. The van der Waals surface area contributed by atoms with Gasteiger partial charge in [0.05, 0.1) is 0 Å². The van der Waals surface area contributed by atoms with E-state index in [-0.39, 0.29) is 11.9 Å². The SMILES string of the molecule is CCCCC(C)(C)C(=O)N=C(N)n1cccn1. The second kappa shape index (κ2) is 5.61. The van der Waals surface area contributed by atoms with Gasteiger partial charge in [-0.25, -0.2) is 4.68 Å². The van der Waals surface area contributed by atoms with E-state index in [1.54, 1.807) is 18.5 Å². The van der Waals surface area contributed by atoms with Crippen molar-refractivity contribution in [3.63, 3.8) is 0 Å². The first-order chi connectivity index (χ1) is 7.97. The molecule has 1 aromatic heterocycles. The standard InChI is InChI=1S/C12H20N4O/c1-4-5-7-12(2,3)10(17)15-11(13)16-9-6-8-14-16/h6,8-9H,4-5,7H2,1-3H3,(H2,13,15,17). The Kier molecular flexibility index (Phi) is 4.43. The fraction of sp³-hybridized carbons (Fsp3) is 0.583. The number of nitrogens with zero attached hydrogens (tertiary/aromatic N) is 3. The molecule has 2 N–H and O–H groups in total. The van der Waals surface area contributed by atoms with Crippen molar-refractivity contribution in [2.45, 2.75) is 40.0 Å². The molecule has 1 heterocycles. The Morgan fingerprint density at radius 2 is 2.24 bits per heavy atom.